The molecule has 16 heteroatoms. The minimum atomic E-state index is -6.22. The lowest BCUT2D eigenvalue weighted by molar-refractivity contribution is -0.0500. The third kappa shape index (κ3) is 3.67. The summed E-state index contributed by atoms with van der Waals surface area (Å²) in [6.45, 7) is -0.337. The van der Waals surface area contributed by atoms with E-state index in [0.29, 0.717) is 0 Å². The van der Waals surface area contributed by atoms with Crippen molar-refractivity contribution in [3.05, 3.63) is 36.2 Å². The Balaban J connectivity index is 2.53. The van der Waals surface area contributed by atoms with E-state index in [-0.39, 0.29) is 21.5 Å². The molecule has 0 saturated heterocycles. The molecule has 8 nitrogen and oxygen atoms in total. The van der Waals surface area contributed by atoms with Crippen molar-refractivity contribution < 1.29 is 52.1 Å². The van der Waals surface area contributed by atoms with Crippen molar-refractivity contribution in [1.29, 1.82) is 0 Å². The highest BCUT2D eigenvalue weighted by molar-refractivity contribution is 7.91. The monoisotopic (exact) mass is 492 g/mol. The van der Waals surface area contributed by atoms with E-state index in [4.69, 9.17) is 4.74 Å². The van der Waals surface area contributed by atoms with Crippen LogP contribution in [0.1, 0.15) is 5.56 Å². The van der Waals surface area contributed by atoms with Gasteiger partial charge in [0.1, 0.15) is 0 Å². The quantitative estimate of drug-likeness (QED) is 0.306. The van der Waals surface area contributed by atoms with Gasteiger partial charge in [-0.15, -0.1) is 0 Å². The maximum atomic E-state index is 13.3. The van der Waals surface area contributed by atoms with Gasteiger partial charge in [-0.25, -0.2) is 3.97 Å². The number of pyridine rings is 1. The smallest absolute Gasteiger partial charge is 0.380 e. The second kappa shape index (κ2) is 7.23. The maximum absolute atomic E-state index is 13.3. The first-order chi connectivity index (χ1) is 14.1. The number of ether oxygens (including phenoxy) is 1. The van der Waals surface area contributed by atoms with Crippen LogP contribution in [0.2, 0.25) is 0 Å². The summed E-state index contributed by atoms with van der Waals surface area (Å²) in [5, 5.41) is -0.958. The lowest BCUT2D eigenvalue weighted by atomic mass is 10.1. The lowest BCUT2D eigenvalue weighted by Gasteiger charge is -2.12. The first-order valence-electron chi connectivity index (χ1n) is 7.85. The zero-order valence-corrected chi connectivity index (χ0v) is 16.7. The molecule has 2 heterocycles. The molecular formula is C15H10F6N2O6S2. The predicted molar refractivity (Wildman–Crippen MR) is 93.9 cm³/mol. The molecule has 0 saturated carbocycles. The third-order valence-corrected chi connectivity index (χ3v) is 6.44. The summed E-state index contributed by atoms with van der Waals surface area (Å²) < 4.78 is 134. The van der Waals surface area contributed by atoms with E-state index in [1.54, 1.807) is 0 Å². The average molecular weight is 492 g/mol. The Kier molecular flexibility index (Phi) is 5.39. The first kappa shape index (κ1) is 23.1. The van der Waals surface area contributed by atoms with E-state index in [2.05, 4.69) is 9.17 Å². The maximum Gasteiger partial charge on any atom is 0.534 e. The van der Waals surface area contributed by atoms with E-state index in [1.807, 2.05) is 0 Å². The molecule has 2 aromatic heterocycles. The Bertz CT molecular complexity index is 1380. The van der Waals surface area contributed by atoms with E-state index in [9.17, 15) is 43.2 Å². The zero-order valence-electron chi connectivity index (χ0n) is 15.0. The van der Waals surface area contributed by atoms with Crippen molar-refractivity contribution in [2.24, 2.45) is 0 Å². The number of rotatable bonds is 5. The number of methoxy groups -OCH3 is 1. The minimum absolute atomic E-state index is 0.0263. The van der Waals surface area contributed by atoms with Gasteiger partial charge in [-0.1, -0.05) is 6.07 Å². The minimum Gasteiger partial charge on any atom is -0.380 e. The van der Waals surface area contributed by atoms with Crippen LogP contribution in [0, 0.1) is 0 Å². The van der Waals surface area contributed by atoms with Gasteiger partial charge in [-0.05, 0) is 12.1 Å². The highest BCUT2D eigenvalue weighted by Crippen LogP contribution is 2.42. The van der Waals surface area contributed by atoms with Gasteiger partial charge in [0.05, 0.1) is 29.2 Å². The van der Waals surface area contributed by atoms with Crippen LogP contribution in [-0.4, -0.2) is 43.9 Å². The summed E-state index contributed by atoms with van der Waals surface area (Å²) in [5.41, 5.74) is -13.1. The van der Waals surface area contributed by atoms with Crippen LogP contribution in [0.4, 0.5) is 26.3 Å². The molecule has 0 aliphatic heterocycles. The van der Waals surface area contributed by atoms with Crippen molar-refractivity contribution in [1.82, 2.24) is 8.96 Å². The molecule has 0 amide bonds. The topological polar surface area (TPSA) is 105 Å². The molecule has 0 spiro atoms. The molecule has 0 aliphatic carbocycles. The second-order valence-corrected chi connectivity index (χ2v) is 9.29. The first-order valence-corrected chi connectivity index (χ1v) is 10.7. The van der Waals surface area contributed by atoms with Crippen molar-refractivity contribution >= 4 is 41.9 Å². The molecule has 0 aliphatic rings. The number of halogens is 6. The predicted octanol–water partition coefficient (Wildman–Crippen LogP) is 3.26. The Hall–Kier alpha value is -2.59. The average Bonchev–Trinajstić information content (AvgIpc) is 2.96. The molecule has 0 radical (unpaired) electrons. The van der Waals surface area contributed by atoms with Gasteiger partial charge in [0.15, 0.2) is 5.75 Å². The van der Waals surface area contributed by atoms with Crippen molar-refractivity contribution in [2.45, 2.75) is 17.6 Å². The number of aromatic nitrogens is 2. The van der Waals surface area contributed by atoms with Crippen molar-refractivity contribution in [3.63, 3.8) is 0 Å². The van der Waals surface area contributed by atoms with Gasteiger partial charge in [0.2, 0.25) is 0 Å². The number of benzene rings is 1. The summed E-state index contributed by atoms with van der Waals surface area (Å²) in [5.74, 6) is -1.03. The van der Waals surface area contributed by atoms with Crippen molar-refractivity contribution in [2.75, 3.05) is 7.11 Å². The Morgan fingerprint density at radius 1 is 0.935 bits per heavy atom. The third-order valence-electron chi connectivity index (χ3n) is 4.01. The summed E-state index contributed by atoms with van der Waals surface area (Å²) in [4.78, 5) is 3.65. The number of nitrogens with zero attached hydrogens (tertiary/aromatic N) is 2. The van der Waals surface area contributed by atoms with Crippen LogP contribution in [-0.2, 0) is 31.5 Å². The molecular weight excluding hydrogens is 482 g/mol. The molecule has 170 valence electrons. The van der Waals surface area contributed by atoms with Crippen LogP contribution in [0.5, 0.6) is 5.75 Å². The van der Waals surface area contributed by atoms with Gasteiger partial charge < -0.3 is 8.92 Å². The van der Waals surface area contributed by atoms with Crippen LogP contribution in [0.15, 0.2) is 30.6 Å². The van der Waals surface area contributed by atoms with Gasteiger partial charge in [0, 0.05) is 24.3 Å². The SMILES string of the molecule is COCc1cncc2c1c1c(OS(=O)(=O)C(F)(F)F)cccc1n2S(=O)(=O)C(F)(F)F. The Morgan fingerprint density at radius 2 is 1.58 bits per heavy atom. The summed E-state index contributed by atoms with van der Waals surface area (Å²) >= 11 is 0. The standard InChI is InChI=1S/C15H10F6N2O6S2/c1-28-7-8-5-22-6-10-12(8)13-9(23(10)30(24,25)14(16,17)18)3-2-4-11(13)29-31(26,27)15(19,20)21/h2-6H,7H2,1H3. The van der Waals surface area contributed by atoms with E-state index in [0.717, 1.165) is 30.6 Å². The normalized spacial score (nSPS) is 13.8. The fourth-order valence-corrected chi connectivity index (χ4v) is 4.35. The Labute approximate surface area is 170 Å². The van der Waals surface area contributed by atoms with Gasteiger partial charge in [0.25, 0.3) is 0 Å². The highest BCUT2D eigenvalue weighted by Gasteiger charge is 2.50. The molecule has 0 bridgehead atoms. The van der Waals surface area contributed by atoms with Gasteiger partial charge in [-0.2, -0.15) is 43.2 Å². The van der Waals surface area contributed by atoms with Gasteiger partial charge >= 0.3 is 31.2 Å². The molecule has 0 unspecified atom stereocenters. The fourth-order valence-electron chi connectivity index (χ4n) is 2.87. The number of hydrogen-bond acceptors (Lipinski definition) is 7. The molecule has 0 fully saturated rings. The Morgan fingerprint density at radius 3 is 2.13 bits per heavy atom. The van der Waals surface area contributed by atoms with Crippen molar-refractivity contribution in [3.8, 4) is 5.75 Å². The second-order valence-electron chi connectivity index (χ2n) is 5.97. The molecule has 1 aromatic carbocycles. The van der Waals surface area contributed by atoms with Gasteiger partial charge in [-0.3, -0.25) is 4.98 Å². The van der Waals surface area contributed by atoms with E-state index >= 15 is 0 Å². The molecule has 31 heavy (non-hydrogen) atoms. The lowest BCUT2D eigenvalue weighted by Crippen LogP contribution is -2.29. The number of alkyl halides is 6. The largest absolute Gasteiger partial charge is 0.534 e. The summed E-state index contributed by atoms with van der Waals surface area (Å²) in [6, 6.07) is 2.43. The van der Waals surface area contributed by atoms with Crippen LogP contribution in [0.3, 0.4) is 0 Å². The molecule has 0 atom stereocenters. The summed E-state index contributed by atoms with van der Waals surface area (Å²) in [7, 11) is -11.1. The summed E-state index contributed by atoms with van der Waals surface area (Å²) in [6.07, 6.45) is 1.81. The van der Waals surface area contributed by atoms with E-state index < -0.39 is 53.3 Å². The van der Waals surface area contributed by atoms with Crippen LogP contribution >= 0.6 is 0 Å². The highest BCUT2D eigenvalue weighted by atomic mass is 32.2. The fraction of sp³-hybridized carbons (Fsp3) is 0.267. The zero-order chi connectivity index (χ0) is 23.4. The number of fused-ring (bicyclic) bond motifs is 3. The molecule has 0 N–H and O–H groups in total. The van der Waals surface area contributed by atoms with E-state index in [1.165, 1.54) is 7.11 Å². The molecule has 3 rings (SSSR count). The number of hydrogen-bond donors (Lipinski definition) is 0. The van der Waals surface area contributed by atoms with Crippen LogP contribution in [0.25, 0.3) is 21.8 Å². The molecule has 3 aromatic rings. The van der Waals surface area contributed by atoms with Crippen LogP contribution < -0.4 is 4.18 Å².